The average molecular weight is 201 g/mol. The molecule has 0 saturated carbocycles. The van der Waals surface area contributed by atoms with Gasteiger partial charge in [0, 0.05) is 19.8 Å². The van der Waals surface area contributed by atoms with Gasteiger partial charge in [-0.1, -0.05) is 6.92 Å². The Bertz CT molecular complexity index is 153. The fourth-order valence-electron chi connectivity index (χ4n) is 1.71. The van der Waals surface area contributed by atoms with Gasteiger partial charge in [0.25, 0.3) is 0 Å². The van der Waals surface area contributed by atoms with E-state index in [1.807, 2.05) is 0 Å². The molecule has 0 spiro atoms. The molecule has 1 N–H and O–H groups in total. The highest BCUT2D eigenvalue weighted by Gasteiger charge is 2.24. The SMILES string of the molecule is CCNCC(C)(C)OC1CCOCC1. The van der Waals surface area contributed by atoms with Crippen molar-refractivity contribution in [1.29, 1.82) is 0 Å². The summed E-state index contributed by atoms with van der Waals surface area (Å²) in [5.74, 6) is 0. The lowest BCUT2D eigenvalue weighted by Crippen LogP contribution is -2.41. The first-order chi connectivity index (χ1) is 6.64. The van der Waals surface area contributed by atoms with Crippen molar-refractivity contribution in [3.8, 4) is 0 Å². The molecule has 1 rings (SSSR count). The molecule has 0 aliphatic carbocycles. The molecule has 84 valence electrons. The molecule has 1 aliphatic rings. The van der Waals surface area contributed by atoms with Crippen LogP contribution in [0.4, 0.5) is 0 Å². The molecule has 0 amide bonds. The molecule has 0 aromatic carbocycles. The van der Waals surface area contributed by atoms with Crippen molar-refractivity contribution in [2.75, 3.05) is 26.3 Å². The molecule has 0 aromatic rings. The van der Waals surface area contributed by atoms with Crippen molar-refractivity contribution in [3.05, 3.63) is 0 Å². The summed E-state index contributed by atoms with van der Waals surface area (Å²) in [5.41, 5.74) is -0.0575. The summed E-state index contributed by atoms with van der Waals surface area (Å²) >= 11 is 0. The second-order valence-electron chi connectivity index (χ2n) is 4.47. The molecule has 1 saturated heterocycles. The third-order valence-electron chi connectivity index (χ3n) is 2.45. The molecule has 1 fully saturated rings. The molecule has 1 heterocycles. The van der Waals surface area contributed by atoms with Gasteiger partial charge in [0.15, 0.2) is 0 Å². The van der Waals surface area contributed by atoms with Gasteiger partial charge in [0.2, 0.25) is 0 Å². The zero-order valence-corrected chi connectivity index (χ0v) is 9.64. The van der Waals surface area contributed by atoms with Gasteiger partial charge in [-0.05, 0) is 33.2 Å². The summed E-state index contributed by atoms with van der Waals surface area (Å²) in [7, 11) is 0. The van der Waals surface area contributed by atoms with Gasteiger partial charge < -0.3 is 14.8 Å². The normalized spacial score (nSPS) is 19.9. The topological polar surface area (TPSA) is 30.5 Å². The number of likely N-dealkylation sites (N-methyl/N-ethyl adjacent to an activating group) is 1. The monoisotopic (exact) mass is 201 g/mol. The zero-order valence-electron chi connectivity index (χ0n) is 9.64. The smallest absolute Gasteiger partial charge is 0.0754 e. The Morgan fingerprint density at radius 3 is 2.57 bits per heavy atom. The maximum absolute atomic E-state index is 6.04. The minimum absolute atomic E-state index is 0.0575. The van der Waals surface area contributed by atoms with Crippen molar-refractivity contribution < 1.29 is 9.47 Å². The van der Waals surface area contributed by atoms with Gasteiger partial charge in [-0.25, -0.2) is 0 Å². The van der Waals surface area contributed by atoms with E-state index in [4.69, 9.17) is 9.47 Å². The molecule has 0 bridgehead atoms. The van der Waals surface area contributed by atoms with Gasteiger partial charge in [0.05, 0.1) is 11.7 Å². The van der Waals surface area contributed by atoms with Crippen LogP contribution in [0, 0.1) is 0 Å². The number of rotatable bonds is 5. The van der Waals surface area contributed by atoms with Crippen molar-refractivity contribution in [1.82, 2.24) is 5.32 Å². The third-order valence-corrected chi connectivity index (χ3v) is 2.45. The van der Waals surface area contributed by atoms with Crippen LogP contribution in [-0.4, -0.2) is 38.0 Å². The Morgan fingerprint density at radius 2 is 2.00 bits per heavy atom. The van der Waals surface area contributed by atoms with Crippen molar-refractivity contribution in [3.63, 3.8) is 0 Å². The van der Waals surface area contributed by atoms with Crippen LogP contribution < -0.4 is 5.32 Å². The molecule has 0 radical (unpaired) electrons. The highest BCUT2D eigenvalue weighted by molar-refractivity contribution is 4.75. The largest absolute Gasteiger partial charge is 0.381 e. The van der Waals surface area contributed by atoms with E-state index in [1.165, 1.54) is 0 Å². The van der Waals surface area contributed by atoms with Gasteiger partial charge >= 0.3 is 0 Å². The number of nitrogens with one attached hydrogen (secondary N) is 1. The van der Waals surface area contributed by atoms with E-state index >= 15 is 0 Å². The quantitative estimate of drug-likeness (QED) is 0.732. The second-order valence-corrected chi connectivity index (χ2v) is 4.47. The standard InChI is InChI=1S/C11H23NO2/c1-4-12-9-11(2,3)14-10-5-7-13-8-6-10/h10,12H,4-9H2,1-3H3. The van der Waals surface area contributed by atoms with Gasteiger partial charge in [-0.3, -0.25) is 0 Å². The van der Waals surface area contributed by atoms with Crippen LogP contribution >= 0.6 is 0 Å². The number of ether oxygens (including phenoxy) is 2. The second kappa shape index (κ2) is 5.69. The van der Waals surface area contributed by atoms with Crippen LogP contribution in [0.3, 0.4) is 0 Å². The fourth-order valence-corrected chi connectivity index (χ4v) is 1.71. The highest BCUT2D eigenvalue weighted by Crippen LogP contribution is 2.18. The first-order valence-electron chi connectivity index (χ1n) is 5.60. The van der Waals surface area contributed by atoms with E-state index in [-0.39, 0.29) is 5.60 Å². The van der Waals surface area contributed by atoms with Crippen LogP contribution in [0.2, 0.25) is 0 Å². The lowest BCUT2D eigenvalue weighted by Gasteiger charge is -2.33. The van der Waals surface area contributed by atoms with Crippen LogP contribution in [-0.2, 0) is 9.47 Å². The van der Waals surface area contributed by atoms with Crippen molar-refractivity contribution in [2.24, 2.45) is 0 Å². The summed E-state index contributed by atoms with van der Waals surface area (Å²) in [6.45, 7) is 10.0. The maximum atomic E-state index is 6.04. The average Bonchev–Trinajstić information content (AvgIpc) is 2.16. The maximum Gasteiger partial charge on any atom is 0.0754 e. The van der Waals surface area contributed by atoms with E-state index in [2.05, 4.69) is 26.1 Å². The predicted molar refractivity (Wildman–Crippen MR) is 57.5 cm³/mol. The Balaban J connectivity index is 2.25. The van der Waals surface area contributed by atoms with Crippen LogP contribution in [0.15, 0.2) is 0 Å². The molecule has 0 unspecified atom stereocenters. The van der Waals surface area contributed by atoms with Crippen molar-refractivity contribution in [2.45, 2.75) is 45.3 Å². The van der Waals surface area contributed by atoms with E-state index in [0.717, 1.165) is 39.1 Å². The number of hydrogen-bond donors (Lipinski definition) is 1. The van der Waals surface area contributed by atoms with E-state index in [9.17, 15) is 0 Å². The zero-order chi connectivity index (χ0) is 10.4. The predicted octanol–water partition coefficient (Wildman–Crippen LogP) is 1.57. The third kappa shape index (κ3) is 4.40. The summed E-state index contributed by atoms with van der Waals surface area (Å²) in [6.07, 6.45) is 2.46. The molecule has 3 heteroatoms. The van der Waals surface area contributed by atoms with Crippen LogP contribution in [0.25, 0.3) is 0 Å². The first kappa shape index (κ1) is 12.0. The highest BCUT2D eigenvalue weighted by atomic mass is 16.5. The summed E-state index contributed by atoms with van der Waals surface area (Å²) < 4.78 is 11.3. The minimum Gasteiger partial charge on any atom is -0.381 e. The summed E-state index contributed by atoms with van der Waals surface area (Å²) in [6, 6.07) is 0. The Morgan fingerprint density at radius 1 is 1.36 bits per heavy atom. The Hall–Kier alpha value is -0.120. The van der Waals surface area contributed by atoms with Crippen LogP contribution in [0.1, 0.15) is 33.6 Å². The number of hydrogen-bond acceptors (Lipinski definition) is 3. The molecule has 14 heavy (non-hydrogen) atoms. The Labute approximate surface area is 87.2 Å². The van der Waals surface area contributed by atoms with E-state index < -0.39 is 0 Å². The van der Waals surface area contributed by atoms with Crippen LogP contribution in [0.5, 0.6) is 0 Å². The van der Waals surface area contributed by atoms with Gasteiger partial charge in [-0.15, -0.1) is 0 Å². The molecule has 3 nitrogen and oxygen atoms in total. The molecular weight excluding hydrogens is 178 g/mol. The molecule has 1 aliphatic heterocycles. The lowest BCUT2D eigenvalue weighted by molar-refractivity contribution is -0.107. The molecule has 0 atom stereocenters. The van der Waals surface area contributed by atoms with Gasteiger partial charge in [0.1, 0.15) is 0 Å². The van der Waals surface area contributed by atoms with Crippen molar-refractivity contribution >= 4 is 0 Å². The first-order valence-corrected chi connectivity index (χ1v) is 5.60. The minimum atomic E-state index is -0.0575. The Kier molecular flexibility index (Phi) is 4.85. The van der Waals surface area contributed by atoms with E-state index in [1.54, 1.807) is 0 Å². The van der Waals surface area contributed by atoms with Gasteiger partial charge in [-0.2, -0.15) is 0 Å². The molecular formula is C11H23NO2. The summed E-state index contributed by atoms with van der Waals surface area (Å²) in [5, 5.41) is 3.32. The fraction of sp³-hybridized carbons (Fsp3) is 1.00. The molecule has 0 aromatic heterocycles. The lowest BCUT2D eigenvalue weighted by atomic mass is 10.1. The van der Waals surface area contributed by atoms with E-state index in [0.29, 0.717) is 6.10 Å². The summed E-state index contributed by atoms with van der Waals surface area (Å²) in [4.78, 5) is 0.